The van der Waals surface area contributed by atoms with E-state index in [9.17, 15) is 0 Å². The molecule has 0 spiro atoms. The molecule has 3 aromatic rings. The molecule has 1 unspecified atom stereocenters. The van der Waals surface area contributed by atoms with E-state index in [1.165, 1.54) is 55.7 Å². The summed E-state index contributed by atoms with van der Waals surface area (Å²) in [5.74, 6) is 0. The first-order valence-corrected chi connectivity index (χ1v) is 10.6. The minimum absolute atomic E-state index is 0.733. The summed E-state index contributed by atoms with van der Waals surface area (Å²) in [6.07, 6.45) is 3.79. The fraction of sp³-hybridized carbons (Fsp3) is 0.409. The first kappa shape index (κ1) is 16.4. The zero-order valence-corrected chi connectivity index (χ0v) is 15.9. The number of hydrogen-bond donors (Lipinski definition) is 0. The van der Waals surface area contributed by atoms with Crippen LogP contribution < -0.4 is 0 Å². The number of piperazine rings is 1. The summed E-state index contributed by atoms with van der Waals surface area (Å²) in [5.41, 5.74) is 7.69. The smallest absolute Gasteiger partial charge is 0.0815 e. The summed E-state index contributed by atoms with van der Waals surface area (Å²) in [4.78, 5) is 9.80. The van der Waals surface area contributed by atoms with Gasteiger partial charge in [0.15, 0.2) is 0 Å². The van der Waals surface area contributed by atoms with Crippen molar-refractivity contribution in [2.24, 2.45) is 0 Å². The van der Waals surface area contributed by atoms with Gasteiger partial charge < -0.3 is 0 Å². The highest BCUT2D eigenvalue weighted by molar-refractivity contribution is 7.16. The molecule has 1 aliphatic heterocycles. The minimum Gasteiger partial charge on any atom is -0.298 e. The van der Waals surface area contributed by atoms with Crippen molar-refractivity contribution < 1.29 is 0 Å². The van der Waals surface area contributed by atoms with Crippen LogP contribution in [0.2, 0.25) is 0 Å². The van der Waals surface area contributed by atoms with E-state index in [0.29, 0.717) is 0 Å². The average molecular weight is 364 g/mol. The Morgan fingerprint density at radius 3 is 2.69 bits per heavy atom. The molecule has 5 rings (SSSR count). The number of thiazole rings is 1. The van der Waals surface area contributed by atoms with Gasteiger partial charge in [-0.05, 0) is 42.0 Å². The number of fused-ring (bicyclic) bond motifs is 2. The van der Waals surface area contributed by atoms with Crippen molar-refractivity contribution in [3.05, 3.63) is 64.7 Å². The van der Waals surface area contributed by atoms with E-state index >= 15 is 0 Å². The Balaban J connectivity index is 1.21. The van der Waals surface area contributed by atoms with Gasteiger partial charge in [-0.1, -0.05) is 36.4 Å². The maximum atomic E-state index is 4.46. The predicted octanol–water partition coefficient (Wildman–Crippen LogP) is 3.97. The molecule has 1 fully saturated rings. The molecule has 0 bridgehead atoms. The van der Waals surface area contributed by atoms with Crippen molar-refractivity contribution in [3.63, 3.8) is 0 Å². The van der Waals surface area contributed by atoms with E-state index in [4.69, 9.17) is 0 Å². The third-order valence-corrected chi connectivity index (χ3v) is 6.99. The summed E-state index contributed by atoms with van der Waals surface area (Å²) in [6.45, 7) is 5.80. The van der Waals surface area contributed by atoms with Gasteiger partial charge in [-0.15, -0.1) is 11.3 Å². The second-order valence-corrected chi connectivity index (χ2v) is 8.45. The predicted molar refractivity (Wildman–Crippen MR) is 109 cm³/mol. The van der Waals surface area contributed by atoms with Crippen LogP contribution in [0.4, 0.5) is 0 Å². The molecule has 2 aliphatic rings. The van der Waals surface area contributed by atoms with Gasteiger partial charge in [-0.25, -0.2) is 4.98 Å². The Hall–Kier alpha value is -1.75. The Kier molecular flexibility index (Phi) is 4.49. The molecule has 3 nitrogen and oxygen atoms in total. The van der Waals surface area contributed by atoms with E-state index in [2.05, 4.69) is 57.2 Å². The van der Waals surface area contributed by atoms with Crippen LogP contribution in [0, 0.1) is 0 Å². The van der Waals surface area contributed by atoms with Crippen LogP contribution in [0.5, 0.6) is 0 Å². The van der Waals surface area contributed by atoms with E-state index < -0.39 is 0 Å². The Labute approximate surface area is 159 Å². The molecule has 1 atom stereocenters. The lowest BCUT2D eigenvalue weighted by molar-refractivity contribution is 0.0859. The quantitative estimate of drug-likeness (QED) is 0.702. The molecule has 2 heterocycles. The maximum Gasteiger partial charge on any atom is 0.0815 e. The molecule has 0 amide bonds. The molecular formula is C22H25N3S. The van der Waals surface area contributed by atoms with Gasteiger partial charge in [-0.3, -0.25) is 9.80 Å². The third kappa shape index (κ3) is 3.18. The molecule has 4 heteroatoms. The number of aromatic nitrogens is 1. The fourth-order valence-corrected chi connectivity index (χ4v) is 5.38. The molecule has 0 saturated carbocycles. The SMILES string of the molecule is c1ccc2c(c1)CCC(N1CCN(Cc3cccc4ncsc34)CC1)C2. The van der Waals surface area contributed by atoms with Gasteiger partial charge in [-0.2, -0.15) is 0 Å². The second-order valence-electron chi connectivity index (χ2n) is 7.60. The lowest BCUT2D eigenvalue weighted by Crippen LogP contribution is -2.51. The third-order valence-electron chi connectivity index (χ3n) is 6.08. The lowest BCUT2D eigenvalue weighted by Gasteiger charge is -2.41. The lowest BCUT2D eigenvalue weighted by atomic mass is 9.87. The molecule has 0 radical (unpaired) electrons. The largest absolute Gasteiger partial charge is 0.298 e. The summed E-state index contributed by atoms with van der Waals surface area (Å²) in [5, 5.41) is 0. The number of aryl methyl sites for hydroxylation is 1. The highest BCUT2D eigenvalue weighted by Gasteiger charge is 2.27. The molecule has 1 aromatic heterocycles. The summed E-state index contributed by atoms with van der Waals surface area (Å²) >= 11 is 1.77. The van der Waals surface area contributed by atoms with E-state index in [1.54, 1.807) is 22.5 Å². The Morgan fingerprint density at radius 2 is 1.81 bits per heavy atom. The molecular weight excluding hydrogens is 338 g/mol. The highest BCUT2D eigenvalue weighted by atomic mass is 32.1. The van der Waals surface area contributed by atoms with Crippen molar-refractivity contribution in [3.8, 4) is 0 Å². The van der Waals surface area contributed by atoms with Crippen LogP contribution in [0.3, 0.4) is 0 Å². The summed E-state index contributed by atoms with van der Waals surface area (Å²) < 4.78 is 1.36. The second kappa shape index (κ2) is 7.10. The monoisotopic (exact) mass is 363 g/mol. The average Bonchev–Trinajstić information content (AvgIpc) is 3.18. The summed E-state index contributed by atoms with van der Waals surface area (Å²) in [6, 6.07) is 16.3. The normalized spacial score (nSPS) is 21.8. The van der Waals surface area contributed by atoms with Crippen LogP contribution >= 0.6 is 11.3 Å². The minimum atomic E-state index is 0.733. The topological polar surface area (TPSA) is 19.4 Å². The van der Waals surface area contributed by atoms with Gasteiger partial charge in [0.1, 0.15) is 0 Å². The molecule has 2 aromatic carbocycles. The van der Waals surface area contributed by atoms with Crippen molar-refractivity contribution in [1.29, 1.82) is 0 Å². The standard InChI is InChI=1S/C22H25N3S/c1-2-5-18-14-20(9-8-17(18)4-1)25-12-10-24(11-13-25)15-19-6-3-7-21-22(19)26-16-23-21/h1-7,16,20H,8-15H2. The molecule has 1 aliphatic carbocycles. The molecule has 26 heavy (non-hydrogen) atoms. The van der Waals surface area contributed by atoms with Gasteiger partial charge >= 0.3 is 0 Å². The van der Waals surface area contributed by atoms with Gasteiger partial charge in [0.2, 0.25) is 0 Å². The molecule has 0 N–H and O–H groups in total. The van der Waals surface area contributed by atoms with Gasteiger partial charge in [0.05, 0.1) is 15.7 Å². The number of rotatable bonds is 3. The van der Waals surface area contributed by atoms with Crippen molar-refractivity contribution in [1.82, 2.24) is 14.8 Å². The Bertz CT molecular complexity index is 895. The molecule has 1 saturated heterocycles. The van der Waals surface area contributed by atoms with Crippen LogP contribution in [0.25, 0.3) is 10.2 Å². The Morgan fingerprint density at radius 1 is 0.962 bits per heavy atom. The van der Waals surface area contributed by atoms with Crippen molar-refractivity contribution >= 4 is 21.6 Å². The number of benzene rings is 2. The van der Waals surface area contributed by atoms with Crippen LogP contribution in [-0.4, -0.2) is 47.0 Å². The van der Waals surface area contributed by atoms with Gasteiger partial charge in [0.25, 0.3) is 0 Å². The van der Waals surface area contributed by atoms with Crippen LogP contribution in [0.15, 0.2) is 48.0 Å². The summed E-state index contributed by atoms with van der Waals surface area (Å²) in [7, 11) is 0. The van der Waals surface area contributed by atoms with E-state index in [1.807, 2.05) is 5.51 Å². The van der Waals surface area contributed by atoms with Crippen LogP contribution in [0.1, 0.15) is 23.1 Å². The zero-order valence-electron chi connectivity index (χ0n) is 15.1. The van der Waals surface area contributed by atoms with E-state index in [0.717, 1.165) is 18.1 Å². The highest BCUT2D eigenvalue weighted by Crippen LogP contribution is 2.27. The molecule has 134 valence electrons. The maximum absolute atomic E-state index is 4.46. The van der Waals surface area contributed by atoms with Crippen LogP contribution in [-0.2, 0) is 19.4 Å². The van der Waals surface area contributed by atoms with Crippen molar-refractivity contribution in [2.75, 3.05) is 26.2 Å². The first-order chi connectivity index (χ1) is 12.9. The van der Waals surface area contributed by atoms with Gasteiger partial charge in [0, 0.05) is 38.8 Å². The van der Waals surface area contributed by atoms with Crippen molar-refractivity contribution in [2.45, 2.75) is 31.8 Å². The first-order valence-electron chi connectivity index (χ1n) is 9.71. The zero-order chi connectivity index (χ0) is 17.3. The fourth-order valence-electron chi connectivity index (χ4n) is 4.59. The number of nitrogens with zero attached hydrogens (tertiary/aromatic N) is 3. The van der Waals surface area contributed by atoms with E-state index in [-0.39, 0.29) is 0 Å². The number of hydrogen-bond acceptors (Lipinski definition) is 4.